The topological polar surface area (TPSA) is 63.5 Å². The first-order valence-electron chi connectivity index (χ1n) is 10.1. The molecule has 0 aromatic carbocycles. The standard InChI is InChI=1S/C20H37N5O/c1-5-26-14-11-20(9-6-7-10-20)16-23-19(21-4)22-12-8-13-25-18(3)15-17(2)24-25/h15H,5-14,16H2,1-4H3,(H2,21,22,23). The van der Waals surface area contributed by atoms with E-state index in [1.807, 2.05) is 14.0 Å². The molecule has 0 atom stereocenters. The van der Waals surface area contributed by atoms with E-state index < -0.39 is 0 Å². The Morgan fingerprint density at radius 1 is 1.31 bits per heavy atom. The molecule has 0 amide bonds. The molecule has 0 saturated heterocycles. The van der Waals surface area contributed by atoms with Crippen molar-refractivity contribution in [1.82, 2.24) is 20.4 Å². The molecule has 1 heterocycles. The molecule has 1 aliphatic carbocycles. The zero-order valence-electron chi connectivity index (χ0n) is 17.1. The summed E-state index contributed by atoms with van der Waals surface area (Å²) in [7, 11) is 1.85. The molecular formula is C20H37N5O. The zero-order valence-corrected chi connectivity index (χ0v) is 17.1. The number of nitrogens with one attached hydrogen (secondary N) is 2. The number of aromatic nitrogens is 2. The average Bonchev–Trinajstić information content (AvgIpc) is 3.21. The Balaban J connectivity index is 1.71. The van der Waals surface area contributed by atoms with Crippen LogP contribution in [0.2, 0.25) is 0 Å². The fourth-order valence-corrected chi connectivity index (χ4v) is 3.90. The molecule has 148 valence electrons. The van der Waals surface area contributed by atoms with Crippen LogP contribution < -0.4 is 10.6 Å². The Labute approximate surface area is 158 Å². The minimum Gasteiger partial charge on any atom is -0.382 e. The van der Waals surface area contributed by atoms with Gasteiger partial charge in [0.25, 0.3) is 0 Å². The Morgan fingerprint density at radius 2 is 2.08 bits per heavy atom. The van der Waals surface area contributed by atoms with E-state index in [4.69, 9.17) is 4.74 Å². The van der Waals surface area contributed by atoms with Crippen LogP contribution in [0.3, 0.4) is 0 Å². The van der Waals surface area contributed by atoms with Gasteiger partial charge in [0.15, 0.2) is 5.96 Å². The molecule has 2 N–H and O–H groups in total. The van der Waals surface area contributed by atoms with Gasteiger partial charge in [-0.2, -0.15) is 5.10 Å². The minimum absolute atomic E-state index is 0.372. The van der Waals surface area contributed by atoms with Gasteiger partial charge in [0.2, 0.25) is 0 Å². The van der Waals surface area contributed by atoms with Crippen LogP contribution >= 0.6 is 0 Å². The van der Waals surface area contributed by atoms with Gasteiger partial charge in [-0.1, -0.05) is 12.8 Å². The largest absolute Gasteiger partial charge is 0.382 e. The molecule has 0 spiro atoms. The van der Waals surface area contributed by atoms with Gasteiger partial charge in [0.1, 0.15) is 0 Å². The first-order chi connectivity index (χ1) is 12.6. The number of aliphatic imine (C=N–C) groups is 1. The summed E-state index contributed by atoms with van der Waals surface area (Å²) in [4.78, 5) is 4.38. The van der Waals surface area contributed by atoms with Crippen molar-refractivity contribution in [3.63, 3.8) is 0 Å². The summed E-state index contributed by atoms with van der Waals surface area (Å²) in [5, 5.41) is 11.5. The fraction of sp³-hybridized carbons (Fsp3) is 0.800. The predicted molar refractivity (Wildman–Crippen MR) is 108 cm³/mol. The molecule has 26 heavy (non-hydrogen) atoms. The van der Waals surface area contributed by atoms with Crippen LogP contribution in [0.4, 0.5) is 0 Å². The van der Waals surface area contributed by atoms with Gasteiger partial charge < -0.3 is 15.4 Å². The maximum Gasteiger partial charge on any atom is 0.190 e. The number of guanidine groups is 1. The van der Waals surface area contributed by atoms with Gasteiger partial charge in [-0.05, 0) is 57.9 Å². The van der Waals surface area contributed by atoms with Crippen molar-refractivity contribution in [2.75, 3.05) is 33.4 Å². The molecule has 6 heteroatoms. The molecule has 1 saturated carbocycles. The first kappa shape index (κ1) is 20.7. The molecule has 0 unspecified atom stereocenters. The molecule has 1 aromatic rings. The van der Waals surface area contributed by atoms with Crippen LogP contribution in [-0.4, -0.2) is 49.1 Å². The van der Waals surface area contributed by atoms with Crippen LogP contribution in [-0.2, 0) is 11.3 Å². The SMILES string of the molecule is CCOCCC1(CNC(=NC)NCCCn2nc(C)cc2C)CCCC1. The van der Waals surface area contributed by atoms with Crippen molar-refractivity contribution >= 4 is 5.96 Å². The molecule has 1 aliphatic rings. The number of ether oxygens (including phenoxy) is 1. The summed E-state index contributed by atoms with van der Waals surface area (Å²) in [6.45, 7) is 10.7. The van der Waals surface area contributed by atoms with Gasteiger partial charge >= 0.3 is 0 Å². The quantitative estimate of drug-likeness (QED) is 0.381. The molecule has 0 radical (unpaired) electrons. The van der Waals surface area contributed by atoms with Crippen molar-refractivity contribution in [3.8, 4) is 0 Å². The Kier molecular flexibility index (Phi) is 8.42. The van der Waals surface area contributed by atoms with Crippen molar-refractivity contribution < 1.29 is 4.74 Å². The molecule has 6 nitrogen and oxygen atoms in total. The summed E-state index contributed by atoms with van der Waals surface area (Å²) in [5.74, 6) is 0.904. The highest BCUT2D eigenvalue weighted by Gasteiger charge is 2.33. The second-order valence-corrected chi connectivity index (χ2v) is 7.51. The van der Waals surface area contributed by atoms with Gasteiger partial charge in [-0.15, -0.1) is 0 Å². The zero-order chi connectivity index (χ0) is 18.8. The van der Waals surface area contributed by atoms with Gasteiger partial charge in [-0.3, -0.25) is 9.67 Å². The lowest BCUT2D eigenvalue weighted by molar-refractivity contribution is 0.105. The van der Waals surface area contributed by atoms with E-state index in [1.165, 1.54) is 31.4 Å². The van der Waals surface area contributed by atoms with Crippen molar-refractivity contribution in [1.29, 1.82) is 0 Å². The third kappa shape index (κ3) is 6.31. The number of aryl methyl sites for hydroxylation is 3. The summed E-state index contributed by atoms with van der Waals surface area (Å²) in [6.07, 6.45) is 7.43. The highest BCUT2D eigenvalue weighted by Crippen LogP contribution is 2.40. The first-order valence-corrected chi connectivity index (χ1v) is 10.1. The number of rotatable bonds is 10. The maximum absolute atomic E-state index is 5.60. The number of hydrogen-bond acceptors (Lipinski definition) is 3. The second-order valence-electron chi connectivity index (χ2n) is 7.51. The number of nitrogens with zero attached hydrogens (tertiary/aromatic N) is 3. The second kappa shape index (κ2) is 10.6. The van der Waals surface area contributed by atoms with E-state index in [0.29, 0.717) is 5.41 Å². The highest BCUT2D eigenvalue weighted by molar-refractivity contribution is 5.79. The molecule has 2 rings (SSSR count). The van der Waals surface area contributed by atoms with Crippen LogP contribution in [0.5, 0.6) is 0 Å². The van der Waals surface area contributed by atoms with Crippen LogP contribution in [0.15, 0.2) is 11.1 Å². The van der Waals surface area contributed by atoms with Crippen LogP contribution in [0.25, 0.3) is 0 Å². The lowest BCUT2D eigenvalue weighted by Crippen LogP contribution is -2.43. The average molecular weight is 364 g/mol. The lowest BCUT2D eigenvalue weighted by Gasteiger charge is -2.30. The smallest absolute Gasteiger partial charge is 0.190 e. The predicted octanol–water partition coefficient (Wildman–Crippen LogP) is 3.04. The number of hydrogen-bond donors (Lipinski definition) is 2. The van der Waals surface area contributed by atoms with Gasteiger partial charge in [0.05, 0.1) is 5.69 Å². The van der Waals surface area contributed by atoms with Gasteiger partial charge in [0, 0.05) is 45.6 Å². The third-order valence-corrected chi connectivity index (χ3v) is 5.44. The van der Waals surface area contributed by atoms with Crippen molar-refractivity contribution in [3.05, 3.63) is 17.5 Å². The van der Waals surface area contributed by atoms with E-state index >= 15 is 0 Å². The molecule has 1 fully saturated rings. The molecule has 1 aromatic heterocycles. The Bertz CT molecular complexity index is 561. The Morgan fingerprint density at radius 3 is 2.69 bits per heavy atom. The van der Waals surface area contributed by atoms with E-state index in [-0.39, 0.29) is 0 Å². The molecular weight excluding hydrogens is 326 g/mol. The molecule has 0 bridgehead atoms. The summed E-state index contributed by atoms with van der Waals surface area (Å²) in [6, 6.07) is 2.12. The monoisotopic (exact) mass is 363 g/mol. The third-order valence-electron chi connectivity index (χ3n) is 5.44. The minimum atomic E-state index is 0.372. The maximum atomic E-state index is 5.60. The van der Waals surface area contributed by atoms with Crippen LogP contribution in [0, 0.1) is 19.3 Å². The summed E-state index contributed by atoms with van der Waals surface area (Å²) < 4.78 is 7.68. The lowest BCUT2D eigenvalue weighted by atomic mass is 9.83. The fourth-order valence-electron chi connectivity index (χ4n) is 3.90. The van der Waals surface area contributed by atoms with Gasteiger partial charge in [-0.25, -0.2) is 0 Å². The van der Waals surface area contributed by atoms with E-state index in [1.54, 1.807) is 0 Å². The van der Waals surface area contributed by atoms with E-state index in [2.05, 4.69) is 45.3 Å². The van der Waals surface area contributed by atoms with Crippen LogP contribution in [0.1, 0.15) is 56.8 Å². The summed E-state index contributed by atoms with van der Waals surface area (Å²) in [5.41, 5.74) is 2.68. The van der Waals surface area contributed by atoms with Crippen molar-refractivity contribution in [2.24, 2.45) is 10.4 Å². The molecule has 0 aliphatic heterocycles. The normalized spacial score (nSPS) is 16.8. The Hall–Kier alpha value is -1.56. The van der Waals surface area contributed by atoms with Crippen molar-refractivity contribution in [2.45, 2.75) is 65.8 Å². The van der Waals surface area contributed by atoms with E-state index in [0.717, 1.165) is 57.3 Å². The van der Waals surface area contributed by atoms with E-state index in [9.17, 15) is 0 Å². The highest BCUT2D eigenvalue weighted by atomic mass is 16.5. The summed E-state index contributed by atoms with van der Waals surface area (Å²) >= 11 is 0.